The van der Waals surface area contributed by atoms with Crippen LogP contribution in [0.15, 0.2) is 30.3 Å². The second-order valence-electron chi connectivity index (χ2n) is 6.11. The maximum atomic E-state index is 10.5. The second-order valence-corrected chi connectivity index (χ2v) is 7.16. The zero-order chi connectivity index (χ0) is 24.3. The van der Waals surface area contributed by atoms with Crippen LogP contribution in [0, 0.1) is 0 Å². The van der Waals surface area contributed by atoms with Crippen LogP contribution in [0.4, 0.5) is 0 Å². The van der Waals surface area contributed by atoms with E-state index in [0.717, 1.165) is 5.56 Å². The van der Waals surface area contributed by atoms with E-state index in [9.17, 15) is 24.6 Å². The summed E-state index contributed by atoms with van der Waals surface area (Å²) in [7, 11) is 1.15. The SMILES string of the molecule is CCOOP(=O)([O-])[O-].COc1ccc(C[C@@H](O)c2cc(OC)c(OC)c(OC)c2)cc1O.[Na+].[Na+]. The first-order valence-corrected chi connectivity index (χ1v) is 10.7. The van der Waals surface area contributed by atoms with Crippen LogP contribution in [-0.2, 0) is 20.5 Å². The van der Waals surface area contributed by atoms with Gasteiger partial charge in [0, 0.05) is 6.42 Å². The molecule has 0 bridgehead atoms. The van der Waals surface area contributed by atoms with Gasteiger partial charge in [-0.15, -0.1) is 0 Å². The van der Waals surface area contributed by atoms with E-state index in [0.29, 0.717) is 35.0 Å². The Hall–Kier alpha value is -0.530. The number of phenols is 1. The van der Waals surface area contributed by atoms with Crippen molar-refractivity contribution in [2.45, 2.75) is 19.4 Å². The Balaban J connectivity index is 0. The Morgan fingerprint density at radius 1 is 0.912 bits per heavy atom. The summed E-state index contributed by atoms with van der Waals surface area (Å²) in [6, 6.07) is 8.43. The summed E-state index contributed by atoms with van der Waals surface area (Å²) in [6.45, 7) is 1.53. The van der Waals surface area contributed by atoms with Crippen molar-refractivity contribution in [3.05, 3.63) is 41.5 Å². The van der Waals surface area contributed by atoms with E-state index >= 15 is 0 Å². The van der Waals surface area contributed by atoms with Gasteiger partial charge in [-0.25, -0.2) is 9.56 Å². The van der Waals surface area contributed by atoms with Crippen LogP contribution in [0.1, 0.15) is 24.2 Å². The number of methoxy groups -OCH3 is 4. The molecule has 0 aliphatic carbocycles. The quantitative estimate of drug-likeness (QED) is 0.135. The largest absolute Gasteiger partial charge is 1.00 e. The molecule has 0 fully saturated rings. The van der Waals surface area contributed by atoms with Gasteiger partial charge in [0.2, 0.25) is 5.75 Å². The number of ether oxygens (including phenoxy) is 4. The first-order valence-electron chi connectivity index (χ1n) is 9.27. The van der Waals surface area contributed by atoms with Crippen LogP contribution in [0.25, 0.3) is 0 Å². The topological polar surface area (TPSA) is 159 Å². The van der Waals surface area contributed by atoms with E-state index in [2.05, 4.69) is 9.56 Å². The molecule has 11 nitrogen and oxygen atoms in total. The monoisotopic (exact) mass is 520 g/mol. The predicted octanol–water partition coefficient (Wildman–Crippen LogP) is -4.51. The Bertz CT molecular complexity index is 883. The van der Waals surface area contributed by atoms with E-state index in [-0.39, 0.29) is 71.5 Å². The number of phosphoric acid groups is 1. The molecule has 2 aromatic rings. The molecule has 0 aliphatic heterocycles. The van der Waals surface area contributed by atoms with Crippen molar-refractivity contribution in [2.75, 3.05) is 35.0 Å². The third-order valence-electron chi connectivity index (χ3n) is 4.01. The fourth-order valence-electron chi connectivity index (χ4n) is 2.61. The van der Waals surface area contributed by atoms with Gasteiger partial charge in [-0.1, -0.05) is 6.07 Å². The van der Waals surface area contributed by atoms with Gasteiger partial charge in [-0.3, -0.25) is 0 Å². The average molecular weight is 520 g/mol. The Labute approximate surface area is 243 Å². The van der Waals surface area contributed by atoms with Crippen LogP contribution in [0.5, 0.6) is 28.7 Å². The van der Waals surface area contributed by atoms with Crippen molar-refractivity contribution in [1.29, 1.82) is 0 Å². The molecule has 0 aromatic heterocycles. The number of aromatic hydroxyl groups is 1. The molecule has 2 aromatic carbocycles. The smallest absolute Gasteiger partial charge is 0.788 e. The van der Waals surface area contributed by atoms with Gasteiger partial charge < -0.3 is 43.5 Å². The molecule has 0 saturated carbocycles. The molecule has 2 rings (SSSR count). The summed E-state index contributed by atoms with van der Waals surface area (Å²) in [5.74, 6) is 1.85. The fraction of sp³-hybridized carbons (Fsp3) is 0.400. The van der Waals surface area contributed by atoms with E-state index in [4.69, 9.17) is 18.9 Å². The third kappa shape index (κ3) is 11.9. The van der Waals surface area contributed by atoms with Gasteiger partial charge in [-0.2, -0.15) is 0 Å². The van der Waals surface area contributed by atoms with E-state index in [1.54, 1.807) is 30.3 Å². The van der Waals surface area contributed by atoms with Crippen molar-refractivity contribution < 1.29 is 112 Å². The Kier molecular flexibility index (Phi) is 18.7. The van der Waals surface area contributed by atoms with Crippen LogP contribution < -0.4 is 87.8 Å². The third-order valence-corrected chi connectivity index (χ3v) is 4.29. The fourth-order valence-corrected chi connectivity index (χ4v) is 2.85. The van der Waals surface area contributed by atoms with E-state index < -0.39 is 13.9 Å². The molecule has 0 amide bonds. The number of rotatable bonds is 10. The number of phenolic OH excluding ortho intramolecular Hbond substituents is 1. The molecule has 0 saturated heterocycles. The van der Waals surface area contributed by atoms with Crippen LogP contribution in [0.3, 0.4) is 0 Å². The summed E-state index contributed by atoms with van der Waals surface area (Å²) in [5, 5.41) is 20.4. The van der Waals surface area contributed by atoms with Gasteiger partial charge in [0.05, 0.1) is 41.2 Å². The molecule has 0 unspecified atom stereocenters. The number of hydrogen-bond acceptors (Lipinski definition) is 11. The Morgan fingerprint density at radius 2 is 1.44 bits per heavy atom. The molecular formula is C20H27Na2O11P. The van der Waals surface area contributed by atoms with Crippen molar-refractivity contribution >= 4 is 7.82 Å². The first kappa shape index (κ1) is 35.6. The average Bonchev–Trinajstić information content (AvgIpc) is 2.76. The van der Waals surface area contributed by atoms with Crippen molar-refractivity contribution in [3.8, 4) is 28.7 Å². The molecule has 1 atom stereocenters. The van der Waals surface area contributed by atoms with Crippen LogP contribution in [-0.4, -0.2) is 45.3 Å². The zero-order valence-corrected chi connectivity index (χ0v) is 25.3. The van der Waals surface area contributed by atoms with Gasteiger partial charge in [0.25, 0.3) is 0 Å². The van der Waals surface area contributed by atoms with E-state index in [1.165, 1.54) is 35.4 Å². The minimum Gasteiger partial charge on any atom is -0.788 e. The standard InChI is InChI=1S/C18H22O6.C2H7O5P.2Na/c1-21-15-6-5-11(8-14(15)20)7-13(19)12-9-16(22-2)18(24-4)17(10-12)23-3;1-2-6-7-8(3,4)5;;/h5-6,8-10,13,19-20H,7H2,1-4H3;2H2,1H3,(H2,3,4,5);;/q;;2*+1/p-2/t13-;;;/m1.../s1. The second kappa shape index (κ2) is 17.8. The molecule has 0 radical (unpaired) electrons. The first-order chi connectivity index (χ1) is 15.1. The van der Waals surface area contributed by atoms with Crippen LogP contribution >= 0.6 is 7.82 Å². The summed E-state index contributed by atoms with van der Waals surface area (Å²) in [6.07, 6.45) is -0.484. The summed E-state index contributed by atoms with van der Waals surface area (Å²) < 4.78 is 33.7. The zero-order valence-electron chi connectivity index (χ0n) is 20.4. The number of aliphatic hydroxyl groups is 1. The normalized spacial score (nSPS) is 11.1. The molecule has 2 N–H and O–H groups in total. The van der Waals surface area contributed by atoms with Gasteiger partial charge >= 0.3 is 59.1 Å². The maximum Gasteiger partial charge on any atom is 1.00 e. The molecule has 34 heavy (non-hydrogen) atoms. The summed E-state index contributed by atoms with van der Waals surface area (Å²) >= 11 is 0. The molecule has 180 valence electrons. The maximum absolute atomic E-state index is 10.5. The van der Waals surface area contributed by atoms with Gasteiger partial charge in [-0.05, 0) is 42.3 Å². The minimum absolute atomic E-state index is 0. The number of benzene rings is 2. The van der Waals surface area contributed by atoms with E-state index in [1.807, 2.05) is 0 Å². The van der Waals surface area contributed by atoms with Crippen molar-refractivity contribution in [2.24, 2.45) is 0 Å². The van der Waals surface area contributed by atoms with Crippen molar-refractivity contribution in [3.63, 3.8) is 0 Å². The molecule has 0 heterocycles. The van der Waals surface area contributed by atoms with Gasteiger partial charge in [0.1, 0.15) is 7.82 Å². The van der Waals surface area contributed by atoms with Crippen LogP contribution in [0.2, 0.25) is 0 Å². The summed E-state index contributed by atoms with van der Waals surface area (Å²) in [4.78, 5) is 22.8. The molecule has 0 spiro atoms. The minimum atomic E-state index is -4.90. The summed E-state index contributed by atoms with van der Waals surface area (Å²) in [5.41, 5.74) is 1.40. The number of hydrogen-bond donors (Lipinski definition) is 2. The molecule has 14 heteroatoms. The van der Waals surface area contributed by atoms with Gasteiger partial charge in [0.15, 0.2) is 23.0 Å². The van der Waals surface area contributed by atoms with Crippen molar-refractivity contribution in [1.82, 2.24) is 0 Å². The Morgan fingerprint density at radius 3 is 1.79 bits per heavy atom. The number of aliphatic hydroxyl groups excluding tert-OH is 1. The molecular weight excluding hydrogens is 493 g/mol. The predicted molar refractivity (Wildman–Crippen MR) is 110 cm³/mol. The molecule has 0 aliphatic rings.